The zero-order chi connectivity index (χ0) is 21.2. The first-order valence-electron chi connectivity index (χ1n) is 10.1. The summed E-state index contributed by atoms with van der Waals surface area (Å²) >= 11 is 0. The van der Waals surface area contributed by atoms with E-state index in [2.05, 4.69) is 16.8 Å². The van der Waals surface area contributed by atoms with Crippen LogP contribution in [-0.4, -0.2) is 43.0 Å². The number of anilines is 1. The Bertz CT molecular complexity index is 1320. The molecule has 4 heterocycles. The van der Waals surface area contributed by atoms with Crippen molar-refractivity contribution in [2.45, 2.75) is 37.8 Å². The summed E-state index contributed by atoms with van der Waals surface area (Å²) in [7, 11) is -1.42. The summed E-state index contributed by atoms with van der Waals surface area (Å²) in [5, 5.41) is 0.921. The van der Waals surface area contributed by atoms with Crippen molar-refractivity contribution in [2.24, 2.45) is 7.05 Å². The minimum absolute atomic E-state index is 0.0158. The average molecular weight is 428 g/mol. The summed E-state index contributed by atoms with van der Waals surface area (Å²) in [6.45, 7) is 3.48. The number of ether oxygens (including phenoxy) is 1. The lowest BCUT2D eigenvalue weighted by Crippen LogP contribution is -2.39. The highest BCUT2D eigenvalue weighted by atomic mass is 32.2. The van der Waals surface area contributed by atoms with Crippen LogP contribution in [0.15, 0.2) is 35.4 Å². The van der Waals surface area contributed by atoms with Gasteiger partial charge < -0.3 is 19.2 Å². The van der Waals surface area contributed by atoms with E-state index in [4.69, 9.17) is 4.74 Å². The molecule has 2 aliphatic heterocycles. The van der Waals surface area contributed by atoms with Crippen LogP contribution in [0.4, 0.5) is 5.69 Å². The van der Waals surface area contributed by atoms with E-state index in [1.54, 1.807) is 11.6 Å². The zero-order valence-electron chi connectivity index (χ0n) is 17.3. The van der Waals surface area contributed by atoms with Crippen LogP contribution in [0.25, 0.3) is 22.0 Å². The van der Waals surface area contributed by atoms with E-state index in [0.717, 1.165) is 46.4 Å². The van der Waals surface area contributed by atoms with Gasteiger partial charge in [-0.1, -0.05) is 6.07 Å². The van der Waals surface area contributed by atoms with Crippen molar-refractivity contribution in [2.75, 3.05) is 17.8 Å². The highest BCUT2D eigenvalue weighted by Crippen LogP contribution is 2.43. The van der Waals surface area contributed by atoms with Crippen LogP contribution < -0.4 is 10.5 Å². The third-order valence-corrected chi connectivity index (χ3v) is 7.11. The van der Waals surface area contributed by atoms with Crippen LogP contribution in [0.5, 0.6) is 0 Å². The molecule has 158 valence electrons. The maximum Gasteiger partial charge on any atom is 0.274 e. The molecule has 1 N–H and O–H groups in total. The van der Waals surface area contributed by atoms with Crippen LogP contribution in [0.2, 0.25) is 0 Å². The summed E-state index contributed by atoms with van der Waals surface area (Å²) in [5.41, 5.74) is 5.27. The number of benzene rings is 1. The third-order valence-electron chi connectivity index (χ3n) is 6.25. The molecule has 2 aromatic heterocycles. The van der Waals surface area contributed by atoms with E-state index in [0.29, 0.717) is 12.1 Å². The number of aromatic nitrogens is 2. The van der Waals surface area contributed by atoms with Gasteiger partial charge in [-0.05, 0) is 36.6 Å². The lowest BCUT2D eigenvalue weighted by Gasteiger charge is -2.33. The second kappa shape index (κ2) is 6.72. The zero-order valence-corrected chi connectivity index (χ0v) is 18.1. The Kier molecular flexibility index (Phi) is 4.34. The molecule has 1 fully saturated rings. The minimum atomic E-state index is -3.16. The van der Waals surface area contributed by atoms with E-state index in [-0.39, 0.29) is 23.5 Å². The fraction of sp³-hybridized carbons (Fsp3) is 0.409. The predicted molar refractivity (Wildman–Crippen MR) is 118 cm³/mol. The Morgan fingerprint density at radius 2 is 2.07 bits per heavy atom. The Labute approximate surface area is 175 Å². The number of fused-ring (bicyclic) bond motifs is 2. The maximum atomic E-state index is 12.7. The molecule has 5 rings (SSSR count). The van der Waals surface area contributed by atoms with Crippen LogP contribution in [0.1, 0.15) is 24.5 Å². The molecule has 1 saturated heterocycles. The number of H-pyrrole nitrogens is 1. The quantitative estimate of drug-likeness (QED) is 0.695. The largest absolute Gasteiger partial charge is 0.376 e. The van der Waals surface area contributed by atoms with Gasteiger partial charge in [-0.3, -0.25) is 4.79 Å². The molecule has 0 spiro atoms. The summed E-state index contributed by atoms with van der Waals surface area (Å²) in [5.74, 6) is -0.0158. The van der Waals surface area contributed by atoms with Gasteiger partial charge >= 0.3 is 0 Å². The second-order valence-corrected chi connectivity index (χ2v) is 10.6. The Balaban J connectivity index is 1.80. The molecule has 2 aliphatic rings. The molecule has 0 aliphatic carbocycles. The molecular weight excluding hydrogens is 402 g/mol. The molecule has 8 heteroatoms. The summed E-state index contributed by atoms with van der Waals surface area (Å²) in [4.78, 5) is 18.2. The first-order chi connectivity index (χ1) is 14.2. The number of sulfone groups is 1. The van der Waals surface area contributed by atoms with Crippen LogP contribution in [0, 0.1) is 0 Å². The van der Waals surface area contributed by atoms with Gasteiger partial charge in [0.25, 0.3) is 5.56 Å². The molecule has 2 unspecified atom stereocenters. The highest BCUT2D eigenvalue weighted by molar-refractivity contribution is 7.89. The normalized spacial score (nSPS) is 21.1. The van der Waals surface area contributed by atoms with Gasteiger partial charge in [0.2, 0.25) is 0 Å². The second-order valence-electron chi connectivity index (χ2n) is 8.50. The van der Waals surface area contributed by atoms with Crippen molar-refractivity contribution in [3.63, 3.8) is 0 Å². The monoisotopic (exact) mass is 427 g/mol. The number of aryl methyl sites for hydroxylation is 1. The van der Waals surface area contributed by atoms with Crippen LogP contribution in [0.3, 0.4) is 0 Å². The minimum Gasteiger partial charge on any atom is -0.376 e. The van der Waals surface area contributed by atoms with Crippen LogP contribution in [-0.2, 0) is 33.9 Å². The number of nitrogens with zero attached hydrogens (tertiary/aromatic N) is 2. The van der Waals surface area contributed by atoms with Gasteiger partial charge in [0.05, 0.1) is 17.9 Å². The van der Waals surface area contributed by atoms with Gasteiger partial charge in [-0.2, -0.15) is 0 Å². The number of hydrogen-bond donors (Lipinski definition) is 1. The summed E-state index contributed by atoms with van der Waals surface area (Å²) in [6, 6.07) is 6.09. The molecule has 2 atom stereocenters. The van der Waals surface area contributed by atoms with Crippen molar-refractivity contribution in [1.29, 1.82) is 0 Å². The molecule has 0 radical (unpaired) electrons. The van der Waals surface area contributed by atoms with E-state index in [1.807, 2.05) is 30.6 Å². The lowest BCUT2D eigenvalue weighted by molar-refractivity contribution is 0.117. The Morgan fingerprint density at radius 3 is 2.77 bits per heavy atom. The van der Waals surface area contributed by atoms with Crippen molar-refractivity contribution in [3.05, 3.63) is 52.1 Å². The van der Waals surface area contributed by atoms with E-state index >= 15 is 0 Å². The fourth-order valence-corrected chi connectivity index (χ4v) is 5.68. The SMILES string of the molecule is CC1OCCC1N1Cc2c[nH]c3c(=O)n(C)cc(c23)-c2cc(CS(C)(=O)=O)ccc21. The van der Waals surface area contributed by atoms with Crippen molar-refractivity contribution in [1.82, 2.24) is 9.55 Å². The number of rotatable bonds is 3. The van der Waals surface area contributed by atoms with Gasteiger partial charge in [0.1, 0.15) is 5.52 Å². The van der Waals surface area contributed by atoms with Crippen molar-refractivity contribution >= 4 is 26.4 Å². The molecule has 0 saturated carbocycles. The van der Waals surface area contributed by atoms with Gasteiger partial charge in [-0.25, -0.2) is 8.42 Å². The number of aromatic amines is 1. The predicted octanol–water partition coefficient (Wildman–Crippen LogP) is 2.58. The standard InChI is InChI=1S/C22H25N3O4S/c1-13-18(6-7-29-13)25-10-15-9-23-21-20(15)17(11-24(2)22(21)26)16-8-14(4-5-19(16)25)12-30(3,27)28/h4-5,8-9,11,13,18,23H,6-7,10,12H2,1-3H3. The summed E-state index contributed by atoms with van der Waals surface area (Å²) in [6.07, 6.45) is 6.05. The van der Waals surface area contributed by atoms with Gasteiger partial charge in [0.15, 0.2) is 9.84 Å². The molecule has 7 nitrogen and oxygen atoms in total. The van der Waals surface area contributed by atoms with Gasteiger partial charge in [0, 0.05) is 61.0 Å². The highest BCUT2D eigenvalue weighted by Gasteiger charge is 2.34. The topological polar surface area (TPSA) is 84.4 Å². The van der Waals surface area contributed by atoms with Gasteiger partial charge in [-0.15, -0.1) is 0 Å². The first kappa shape index (κ1) is 19.4. The molecule has 0 bridgehead atoms. The molecule has 1 aromatic carbocycles. The Hall–Kier alpha value is -2.58. The Morgan fingerprint density at radius 1 is 1.27 bits per heavy atom. The summed E-state index contributed by atoms with van der Waals surface area (Å²) < 4.78 is 31.3. The van der Waals surface area contributed by atoms with E-state index in [1.165, 1.54) is 6.26 Å². The first-order valence-corrected chi connectivity index (χ1v) is 12.2. The molecule has 0 amide bonds. The van der Waals surface area contributed by atoms with E-state index in [9.17, 15) is 13.2 Å². The average Bonchev–Trinajstić information content (AvgIpc) is 3.25. The lowest BCUT2D eigenvalue weighted by atomic mass is 9.98. The molecule has 3 aromatic rings. The van der Waals surface area contributed by atoms with Crippen molar-refractivity contribution in [3.8, 4) is 11.1 Å². The third kappa shape index (κ3) is 3.06. The van der Waals surface area contributed by atoms with Crippen LogP contribution >= 0.6 is 0 Å². The molecular formula is C22H25N3O4S. The number of hydrogen-bond acceptors (Lipinski definition) is 5. The maximum absolute atomic E-state index is 12.7. The number of nitrogens with one attached hydrogen (secondary N) is 1. The fourth-order valence-electron chi connectivity index (χ4n) is 4.90. The number of pyridine rings is 1. The van der Waals surface area contributed by atoms with Crippen molar-refractivity contribution < 1.29 is 13.2 Å². The smallest absolute Gasteiger partial charge is 0.274 e. The van der Waals surface area contributed by atoms with E-state index < -0.39 is 9.84 Å². The molecule has 30 heavy (non-hydrogen) atoms.